The topological polar surface area (TPSA) is 61.4 Å². The van der Waals surface area contributed by atoms with E-state index in [0.29, 0.717) is 35.3 Å². The van der Waals surface area contributed by atoms with Crippen molar-refractivity contribution in [3.63, 3.8) is 0 Å². The molecule has 1 aliphatic rings. The van der Waals surface area contributed by atoms with E-state index in [0.717, 1.165) is 6.54 Å². The standard InChI is InChI=1S/C17H19N3O2S/c1-12-11-20(8-7-18-12)17(22)13-4-2-5-14(10-13)19-16(21)15-6-3-9-23-15/h2-6,9-10,12,18H,7-8,11H2,1H3,(H,19,21). The SMILES string of the molecule is CC1CN(C(=O)c2cccc(NC(=O)c3cccs3)c2)CCN1. The molecule has 1 aromatic carbocycles. The Morgan fingerprint density at radius 1 is 1.30 bits per heavy atom. The van der Waals surface area contributed by atoms with Crippen LogP contribution in [0.2, 0.25) is 0 Å². The van der Waals surface area contributed by atoms with Crippen molar-refractivity contribution in [2.24, 2.45) is 0 Å². The van der Waals surface area contributed by atoms with Crippen molar-refractivity contribution in [3.8, 4) is 0 Å². The van der Waals surface area contributed by atoms with Gasteiger partial charge in [-0.2, -0.15) is 0 Å². The van der Waals surface area contributed by atoms with Crippen LogP contribution in [0.4, 0.5) is 5.69 Å². The maximum Gasteiger partial charge on any atom is 0.265 e. The van der Waals surface area contributed by atoms with Gasteiger partial charge in [-0.25, -0.2) is 0 Å². The van der Waals surface area contributed by atoms with Gasteiger partial charge in [-0.15, -0.1) is 11.3 Å². The van der Waals surface area contributed by atoms with E-state index < -0.39 is 0 Å². The highest BCUT2D eigenvalue weighted by atomic mass is 32.1. The third kappa shape index (κ3) is 3.78. The molecule has 6 heteroatoms. The minimum Gasteiger partial charge on any atom is -0.336 e. The van der Waals surface area contributed by atoms with E-state index in [4.69, 9.17) is 0 Å². The van der Waals surface area contributed by atoms with Crippen molar-refractivity contribution >= 4 is 28.8 Å². The maximum absolute atomic E-state index is 12.6. The Kier molecular flexibility index (Phi) is 4.73. The second-order valence-electron chi connectivity index (χ2n) is 5.62. The Morgan fingerprint density at radius 3 is 2.91 bits per heavy atom. The van der Waals surface area contributed by atoms with Crippen LogP contribution in [0.25, 0.3) is 0 Å². The number of nitrogens with one attached hydrogen (secondary N) is 2. The van der Waals surface area contributed by atoms with Gasteiger partial charge in [-0.05, 0) is 36.6 Å². The van der Waals surface area contributed by atoms with Crippen molar-refractivity contribution < 1.29 is 9.59 Å². The molecule has 3 rings (SSSR count). The Hall–Kier alpha value is -2.18. The number of nitrogens with zero attached hydrogens (tertiary/aromatic N) is 1. The molecule has 2 aromatic rings. The molecular formula is C17H19N3O2S. The first kappa shape index (κ1) is 15.7. The Bertz CT molecular complexity index is 700. The van der Waals surface area contributed by atoms with Crippen LogP contribution >= 0.6 is 11.3 Å². The minimum atomic E-state index is -0.152. The van der Waals surface area contributed by atoms with Gasteiger partial charge in [-0.1, -0.05) is 12.1 Å². The van der Waals surface area contributed by atoms with Gasteiger partial charge < -0.3 is 15.5 Å². The lowest BCUT2D eigenvalue weighted by molar-refractivity contribution is 0.0709. The molecule has 0 spiro atoms. The molecule has 120 valence electrons. The first-order valence-electron chi connectivity index (χ1n) is 7.61. The van der Waals surface area contributed by atoms with Gasteiger partial charge in [0.15, 0.2) is 0 Å². The summed E-state index contributed by atoms with van der Waals surface area (Å²) in [5, 5.41) is 8.02. The monoisotopic (exact) mass is 329 g/mol. The van der Waals surface area contributed by atoms with E-state index in [2.05, 4.69) is 17.6 Å². The fraction of sp³-hybridized carbons (Fsp3) is 0.294. The summed E-state index contributed by atoms with van der Waals surface area (Å²) in [6.45, 7) is 4.28. The predicted molar refractivity (Wildman–Crippen MR) is 92.1 cm³/mol. The number of piperazine rings is 1. The molecule has 2 N–H and O–H groups in total. The number of carbonyl (C=O) groups excluding carboxylic acids is 2. The van der Waals surface area contributed by atoms with Crippen LogP contribution < -0.4 is 10.6 Å². The number of hydrogen-bond acceptors (Lipinski definition) is 4. The van der Waals surface area contributed by atoms with Crippen LogP contribution in [-0.2, 0) is 0 Å². The van der Waals surface area contributed by atoms with Gasteiger partial charge in [-0.3, -0.25) is 9.59 Å². The number of hydrogen-bond donors (Lipinski definition) is 2. The minimum absolute atomic E-state index is 0.00516. The van der Waals surface area contributed by atoms with Crippen molar-refractivity contribution in [3.05, 3.63) is 52.2 Å². The zero-order valence-corrected chi connectivity index (χ0v) is 13.7. The molecule has 0 saturated carbocycles. The molecule has 1 unspecified atom stereocenters. The zero-order chi connectivity index (χ0) is 16.2. The molecule has 23 heavy (non-hydrogen) atoms. The van der Waals surface area contributed by atoms with Crippen LogP contribution in [0, 0.1) is 0 Å². The molecule has 1 fully saturated rings. The summed E-state index contributed by atoms with van der Waals surface area (Å²) in [6, 6.07) is 11.0. The Labute approximate surface area is 139 Å². The lowest BCUT2D eigenvalue weighted by Gasteiger charge is -2.32. The normalized spacial score (nSPS) is 17.8. The lowest BCUT2D eigenvalue weighted by atomic mass is 10.1. The lowest BCUT2D eigenvalue weighted by Crippen LogP contribution is -2.51. The number of carbonyl (C=O) groups is 2. The van der Waals surface area contributed by atoms with Gasteiger partial charge in [0.2, 0.25) is 0 Å². The third-order valence-corrected chi connectivity index (χ3v) is 4.64. The number of anilines is 1. The highest BCUT2D eigenvalue weighted by molar-refractivity contribution is 7.12. The number of rotatable bonds is 3. The molecular weight excluding hydrogens is 310 g/mol. The van der Waals surface area contributed by atoms with E-state index in [1.54, 1.807) is 30.3 Å². The second-order valence-corrected chi connectivity index (χ2v) is 6.57. The van der Waals surface area contributed by atoms with Crippen LogP contribution in [0.15, 0.2) is 41.8 Å². The Balaban J connectivity index is 1.72. The average molecular weight is 329 g/mol. The summed E-state index contributed by atoms with van der Waals surface area (Å²) in [7, 11) is 0. The van der Waals surface area contributed by atoms with Gasteiger partial charge in [0.25, 0.3) is 11.8 Å². The van der Waals surface area contributed by atoms with E-state index in [1.807, 2.05) is 16.3 Å². The summed E-state index contributed by atoms with van der Waals surface area (Å²) in [5.41, 5.74) is 1.24. The maximum atomic E-state index is 12.6. The molecule has 1 atom stereocenters. The zero-order valence-electron chi connectivity index (χ0n) is 12.9. The van der Waals surface area contributed by atoms with Crippen molar-refractivity contribution in [1.82, 2.24) is 10.2 Å². The van der Waals surface area contributed by atoms with Crippen LogP contribution in [0.3, 0.4) is 0 Å². The van der Waals surface area contributed by atoms with Crippen molar-refractivity contribution in [1.29, 1.82) is 0 Å². The predicted octanol–water partition coefficient (Wildman–Crippen LogP) is 2.43. The number of benzene rings is 1. The molecule has 2 heterocycles. The summed E-state index contributed by atoms with van der Waals surface area (Å²) >= 11 is 1.39. The van der Waals surface area contributed by atoms with E-state index in [-0.39, 0.29) is 11.8 Å². The first-order chi connectivity index (χ1) is 11.1. The molecule has 1 aliphatic heterocycles. The van der Waals surface area contributed by atoms with Gasteiger partial charge in [0.1, 0.15) is 0 Å². The van der Waals surface area contributed by atoms with Crippen LogP contribution in [-0.4, -0.2) is 42.4 Å². The largest absolute Gasteiger partial charge is 0.336 e. The molecule has 5 nitrogen and oxygen atoms in total. The van der Waals surface area contributed by atoms with E-state index in [1.165, 1.54) is 11.3 Å². The number of thiophene rings is 1. The van der Waals surface area contributed by atoms with Crippen LogP contribution in [0.1, 0.15) is 27.0 Å². The molecule has 1 saturated heterocycles. The van der Waals surface area contributed by atoms with E-state index >= 15 is 0 Å². The van der Waals surface area contributed by atoms with Gasteiger partial charge in [0.05, 0.1) is 4.88 Å². The number of amides is 2. The molecule has 0 aliphatic carbocycles. The summed E-state index contributed by atoms with van der Waals surface area (Å²) in [4.78, 5) is 27.2. The smallest absolute Gasteiger partial charge is 0.265 e. The van der Waals surface area contributed by atoms with Gasteiger partial charge in [0, 0.05) is 36.9 Å². The molecule has 0 bridgehead atoms. The molecule has 0 radical (unpaired) electrons. The van der Waals surface area contributed by atoms with Crippen molar-refractivity contribution in [2.45, 2.75) is 13.0 Å². The van der Waals surface area contributed by atoms with Crippen LogP contribution in [0.5, 0.6) is 0 Å². The highest BCUT2D eigenvalue weighted by Crippen LogP contribution is 2.16. The average Bonchev–Trinajstić information content (AvgIpc) is 3.09. The Morgan fingerprint density at radius 2 is 2.17 bits per heavy atom. The van der Waals surface area contributed by atoms with Gasteiger partial charge >= 0.3 is 0 Å². The molecule has 2 amide bonds. The third-order valence-electron chi connectivity index (χ3n) is 3.77. The summed E-state index contributed by atoms with van der Waals surface area (Å²) < 4.78 is 0. The van der Waals surface area contributed by atoms with E-state index in [9.17, 15) is 9.59 Å². The first-order valence-corrected chi connectivity index (χ1v) is 8.49. The van der Waals surface area contributed by atoms with Crippen molar-refractivity contribution in [2.75, 3.05) is 25.0 Å². The summed E-state index contributed by atoms with van der Waals surface area (Å²) in [5.74, 6) is -0.147. The quantitative estimate of drug-likeness (QED) is 0.909. The highest BCUT2D eigenvalue weighted by Gasteiger charge is 2.21. The molecule has 1 aromatic heterocycles. The fourth-order valence-corrected chi connectivity index (χ4v) is 3.25. The fourth-order valence-electron chi connectivity index (χ4n) is 2.63. The second kappa shape index (κ2) is 6.93. The summed E-state index contributed by atoms with van der Waals surface area (Å²) in [6.07, 6.45) is 0.